The van der Waals surface area contributed by atoms with E-state index in [1.807, 2.05) is 6.92 Å². The van der Waals surface area contributed by atoms with Crippen molar-refractivity contribution in [3.8, 4) is 11.5 Å². The number of hydrogen-bond donors (Lipinski definition) is 2. The SMILES string of the molecule is CC1CNC(=O)N1Cc1ccc(C(N)=O)cc1Oc1ccc(Cl)c(F)c1. The molecule has 0 spiro atoms. The Morgan fingerprint density at radius 1 is 1.38 bits per heavy atom. The molecule has 2 aromatic rings. The summed E-state index contributed by atoms with van der Waals surface area (Å²) < 4.78 is 19.4. The van der Waals surface area contributed by atoms with Gasteiger partial charge in [-0.25, -0.2) is 9.18 Å². The zero-order valence-electron chi connectivity index (χ0n) is 14.0. The lowest BCUT2D eigenvalue weighted by Crippen LogP contribution is -2.32. The molecule has 2 aromatic carbocycles. The van der Waals surface area contributed by atoms with Crippen LogP contribution in [-0.2, 0) is 6.54 Å². The number of nitrogens with zero attached hydrogens (tertiary/aromatic N) is 1. The van der Waals surface area contributed by atoms with E-state index in [1.165, 1.54) is 18.2 Å². The molecule has 0 aliphatic carbocycles. The summed E-state index contributed by atoms with van der Waals surface area (Å²) in [6, 6.07) is 8.57. The summed E-state index contributed by atoms with van der Waals surface area (Å²) >= 11 is 5.68. The molecule has 1 atom stereocenters. The van der Waals surface area contributed by atoms with E-state index in [4.69, 9.17) is 22.1 Å². The zero-order chi connectivity index (χ0) is 18.8. The minimum atomic E-state index is -0.621. The highest BCUT2D eigenvalue weighted by molar-refractivity contribution is 6.30. The van der Waals surface area contributed by atoms with Crippen LogP contribution in [0.3, 0.4) is 0 Å². The van der Waals surface area contributed by atoms with Gasteiger partial charge in [-0.1, -0.05) is 17.7 Å². The molecule has 0 radical (unpaired) electrons. The number of carbonyl (C=O) groups excluding carboxylic acids is 2. The van der Waals surface area contributed by atoms with Gasteiger partial charge < -0.3 is 20.7 Å². The average Bonchev–Trinajstić information content (AvgIpc) is 2.91. The van der Waals surface area contributed by atoms with Gasteiger partial charge in [-0.3, -0.25) is 4.79 Å². The summed E-state index contributed by atoms with van der Waals surface area (Å²) in [5, 5.41) is 2.74. The standard InChI is InChI=1S/C18H17ClFN3O3/c1-10-8-22-18(25)23(10)9-12-3-2-11(17(21)24)6-16(12)26-13-4-5-14(19)15(20)7-13/h2-7,10H,8-9H2,1H3,(H2,21,24)(H,22,25). The summed E-state index contributed by atoms with van der Waals surface area (Å²) in [6.07, 6.45) is 0. The van der Waals surface area contributed by atoms with Gasteiger partial charge in [-0.05, 0) is 31.2 Å². The van der Waals surface area contributed by atoms with E-state index in [0.29, 0.717) is 17.9 Å². The summed E-state index contributed by atoms with van der Waals surface area (Å²) in [6.45, 7) is 2.75. The molecule has 0 saturated carbocycles. The van der Waals surface area contributed by atoms with Gasteiger partial charge in [0.1, 0.15) is 17.3 Å². The van der Waals surface area contributed by atoms with Crippen LogP contribution in [0.25, 0.3) is 0 Å². The number of rotatable bonds is 5. The maximum atomic E-state index is 13.7. The largest absolute Gasteiger partial charge is 0.457 e. The summed E-state index contributed by atoms with van der Waals surface area (Å²) in [5.41, 5.74) is 6.24. The molecular weight excluding hydrogens is 361 g/mol. The molecule has 3 amide bonds. The lowest BCUT2D eigenvalue weighted by atomic mass is 10.1. The van der Waals surface area contributed by atoms with E-state index in [-0.39, 0.29) is 35.0 Å². The molecule has 1 saturated heterocycles. The number of ether oxygens (including phenoxy) is 1. The molecule has 0 aromatic heterocycles. The number of primary amides is 1. The topological polar surface area (TPSA) is 84.7 Å². The molecule has 1 fully saturated rings. The van der Waals surface area contributed by atoms with Crippen LogP contribution in [0.2, 0.25) is 5.02 Å². The highest BCUT2D eigenvalue weighted by Crippen LogP contribution is 2.30. The minimum Gasteiger partial charge on any atom is -0.457 e. The fraction of sp³-hybridized carbons (Fsp3) is 0.222. The van der Waals surface area contributed by atoms with Crippen molar-refractivity contribution in [3.05, 3.63) is 58.4 Å². The number of urea groups is 1. The smallest absolute Gasteiger partial charge is 0.318 e. The second kappa shape index (κ2) is 7.21. The highest BCUT2D eigenvalue weighted by atomic mass is 35.5. The average molecular weight is 378 g/mol. The van der Waals surface area contributed by atoms with Crippen molar-refractivity contribution in [2.75, 3.05) is 6.54 Å². The van der Waals surface area contributed by atoms with E-state index in [2.05, 4.69) is 5.32 Å². The van der Waals surface area contributed by atoms with Gasteiger partial charge >= 0.3 is 6.03 Å². The summed E-state index contributed by atoms with van der Waals surface area (Å²) in [4.78, 5) is 25.1. The molecule has 1 aliphatic heterocycles. The molecule has 1 unspecified atom stereocenters. The van der Waals surface area contributed by atoms with Crippen LogP contribution in [0.5, 0.6) is 11.5 Å². The fourth-order valence-corrected chi connectivity index (χ4v) is 2.78. The van der Waals surface area contributed by atoms with Gasteiger partial charge in [0, 0.05) is 29.8 Å². The molecule has 26 heavy (non-hydrogen) atoms. The first-order chi connectivity index (χ1) is 12.3. The Labute approximate surface area is 154 Å². The van der Waals surface area contributed by atoms with Crippen LogP contribution in [0.15, 0.2) is 36.4 Å². The second-order valence-corrected chi connectivity index (χ2v) is 6.43. The number of hydrogen-bond acceptors (Lipinski definition) is 3. The van der Waals surface area contributed by atoms with Crippen LogP contribution in [0.1, 0.15) is 22.8 Å². The first kappa shape index (κ1) is 18.0. The van der Waals surface area contributed by atoms with Crippen LogP contribution < -0.4 is 15.8 Å². The van der Waals surface area contributed by atoms with Gasteiger partial charge in [-0.2, -0.15) is 0 Å². The second-order valence-electron chi connectivity index (χ2n) is 6.03. The third-order valence-corrected chi connectivity index (χ3v) is 4.46. The quantitative estimate of drug-likeness (QED) is 0.838. The molecule has 1 aliphatic rings. The van der Waals surface area contributed by atoms with Crippen molar-refractivity contribution in [3.63, 3.8) is 0 Å². The summed E-state index contributed by atoms with van der Waals surface area (Å²) in [5.74, 6) is -0.705. The predicted octanol–water partition coefficient (Wildman–Crippen LogP) is 3.28. The van der Waals surface area contributed by atoms with Crippen molar-refractivity contribution in [1.29, 1.82) is 0 Å². The lowest BCUT2D eigenvalue weighted by molar-refractivity contribution is 0.1000. The predicted molar refractivity (Wildman–Crippen MR) is 94.8 cm³/mol. The van der Waals surface area contributed by atoms with Crippen LogP contribution in [-0.4, -0.2) is 29.4 Å². The zero-order valence-corrected chi connectivity index (χ0v) is 14.7. The van der Waals surface area contributed by atoms with Crippen molar-refractivity contribution in [1.82, 2.24) is 10.2 Å². The van der Waals surface area contributed by atoms with Crippen molar-refractivity contribution >= 4 is 23.5 Å². The Morgan fingerprint density at radius 2 is 2.15 bits per heavy atom. The van der Waals surface area contributed by atoms with Crippen LogP contribution >= 0.6 is 11.6 Å². The van der Waals surface area contributed by atoms with Gasteiger partial charge in [0.05, 0.1) is 11.6 Å². The number of nitrogens with two attached hydrogens (primary N) is 1. The molecule has 6 nitrogen and oxygen atoms in total. The third kappa shape index (κ3) is 3.72. The number of nitrogens with one attached hydrogen (secondary N) is 1. The number of halogens is 2. The Bertz CT molecular complexity index is 875. The number of benzene rings is 2. The first-order valence-corrected chi connectivity index (χ1v) is 8.33. The fourth-order valence-electron chi connectivity index (χ4n) is 2.66. The van der Waals surface area contributed by atoms with E-state index in [9.17, 15) is 14.0 Å². The first-order valence-electron chi connectivity index (χ1n) is 7.95. The Kier molecular flexibility index (Phi) is 4.99. The minimum absolute atomic E-state index is 0.0131. The van der Waals surface area contributed by atoms with Crippen molar-refractivity contribution in [2.45, 2.75) is 19.5 Å². The third-order valence-electron chi connectivity index (χ3n) is 4.15. The monoisotopic (exact) mass is 377 g/mol. The molecule has 136 valence electrons. The van der Waals surface area contributed by atoms with Crippen molar-refractivity contribution in [2.24, 2.45) is 5.73 Å². The van der Waals surface area contributed by atoms with Crippen molar-refractivity contribution < 1.29 is 18.7 Å². The molecular formula is C18H17ClFN3O3. The molecule has 3 N–H and O–H groups in total. The molecule has 8 heteroatoms. The summed E-state index contributed by atoms with van der Waals surface area (Å²) in [7, 11) is 0. The maximum Gasteiger partial charge on any atom is 0.318 e. The Balaban J connectivity index is 1.94. The molecule has 1 heterocycles. The number of carbonyl (C=O) groups is 2. The lowest BCUT2D eigenvalue weighted by Gasteiger charge is -2.21. The van der Waals surface area contributed by atoms with Gasteiger partial charge in [0.15, 0.2) is 0 Å². The van der Waals surface area contributed by atoms with E-state index in [1.54, 1.807) is 17.0 Å². The maximum absolute atomic E-state index is 13.7. The Morgan fingerprint density at radius 3 is 2.77 bits per heavy atom. The number of amides is 3. The molecule has 0 bridgehead atoms. The molecule has 3 rings (SSSR count). The van der Waals surface area contributed by atoms with E-state index in [0.717, 1.165) is 6.07 Å². The van der Waals surface area contributed by atoms with Gasteiger partial charge in [0.2, 0.25) is 5.91 Å². The van der Waals surface area contributed by atoms with Gasteiger partial charge in [0.25, 0.3) is 0 Å². The highest BCUT2D eigenvalue weighted by Gasteiger charge is 2.28. The van der Waals surface area contributed by atoms with E-state index >= 15 is 0 Å². The Hall–Kier alpha value is -2.80. The van der Waals surface area contributed by atoms with Gasteiger partial charge in [-0.15, -0.1) is 0 Å². The van der Waals surface area contributed by atoms with E-state index < -0.39 is 11.7 Å². The van der Waals surface area contributed by atoms with Crippen LogP contribution in [0.4, 0.5) is 9.18 Å². The normalized spacial score (nSPS) is 16.5. The van der Waals surface area contributed by atoms with Crippen LogP contribution in [0, 0.1) is 5.82 Å².